The second-order valence-corrected chi connectivity index (χ2v) is 10.2. The Bertz CT molecular complexity index is 1490. The Kier molecular flexibility index (Phi) is 7.92. The highest BCUT2D eigenvalue weighted by Crippen LogP contribution is 2.31. The number of carbonyl (C=O) groups is 1. The molecular weight excluding hydrogens is 484 g/mol. The molecule has 0 aliphatic carbocycles. The van der Waals surface area contributed by atoms with Crippen molar-refractivity contribution in [2.45, 2.75) is 52.4 Å². The number of likely N-dealkylation sites (tertiary alicyclic amines) is 1. The van der Waals surface area contributed by atoms with Gasteiger partial charge in [0.1, 0.15) is 11.6 Å². The summed E-state index contributed by atoms with van der Waals surface area (Å²) in [6.45, 7) is 9.59. The van der Waals surface area contributed by atoms with Crippen LogP contribution >= 0.6 is 0 Å². The largest absolute Gasteiger partial charge is 0.357 e. The first-order valence-corrected chi connectivity index (χ1v) is 14.1. The van der Waals surface area contributed by atoms with Crippen LogP contribution in [0.15, 0.2) is 54.7 Å². The van der Waals surface area contributed by atoms with E-state index < -0.39 is 0 Å². The molecule has 0 saturated carbocycles. The van der Waals surface area contributed by atoms with Crippen LogP contribution in [0, 0.1) is 18.3 Å². The summed E-state index contributed by atoms with van der Waals surface area (Å²) >= 11 is 0. The van der Waals surface area contributed by atoms with E-state index in [2.05, 4.69) is 27.0 Å². The minimum absolute atomic E-state index is 0.0635. The lowest BCUT2D eigenvalue weighted by molar-refractivity contribution is 0.0713. The molecule has 7 heteroatoms. The smallest absolute Gasteiger partial charge is 0.253 e. The first kappa shape index (κ1) is 26.4. The van der Waals surface area contributed by atoms with E-state index in [0.717, 1.165) is 72.8 Å². The molecule has 2 fully saturated rings. The van der Waals surface area contributed by atoms with E-state index in [4.69, 9.17) is 10.2 Å². The first-order valence-electron chi connectivity index (χ1n) is 14.1. The number of benzene rings is 2. The van der Waals surface area contributed by atoms with Crippen LogP contribution in [-0.4, -0.2) is 51.9 Å². The number of nitrogens with zero attached hydrogens (tertiary/aromatic N) is 5. The predicted octanol–water partition coefficient (Wildman–Crippen LogP) is 6.45. The van der Waals surface area contributed by atoms with Gasteiger partial charge in [-0.2, -0.15) is 5.26 Å². The van der Waals surface area contributed by atoms with E-state index in [9.17, 15) is 4.79 Å². The van der Waals surface area contributed by atoms with Gasteiger partial charge in [-0.3, -0.25) is 4.79 Å². The maximum Gasteiger partial charge on any atom is 0.253 e. The maximum atomic E-state index is 13.4. The number of pyridine rings is 1. The van der Waals surface area contributed by atoms with Crippen LogP contribution < -0.4 is 4.90 Å². The van der Waals surface area contributed by atoms with Gasteiger partial charge in [0.15, 0.2) is 0 Å². The van der Waals surface area contributed by atoms with Gasteiger partial charge in [-0.1, -0.05) is 32.0 Å². The molecule has 2 aromatic heterocycles. The Hall–Kier alpha value is -4.18. The lowest BCUT2D eigenvalue weighted by Crippen LogP contribution is -2.37. The molecule has 0 unspecified atom stereocenters. The molecule has 39 heavy (non-hydrogen) atoms. The topological polar surface area (TPSA) is 88.9 Å². The zero-order valence-electron chi connectivity index (χ0n) is 23.1. The number of amides is 1. The average Bonchev–Trinajstić information content (AvgIpc) is 3.68. The van der Waals surface area contributed by atoms with Crippen molar-refractivity contribution in [3.63, 3.8) is 0 Å². The molecule has 4 heterocycles. The van der Waals surface area contributed by atoms with Crippen molar-refractivity contribution in [1.82, 2.24) is 19.9 Å². The van der Waals surface area contributed by atoms with Crippen molar-refractivity contribution in [3.8, 4) is 17.5 Å². The van der Waals surface area contributed by atoms with Crippen LogP contribution in [0.4, 0.5) is 5.82 Å². The predicted molar refractivity (Wildman–Crippen MR) is 156 cm³/mol. The molecule has 1 N–H and O–H groups in total. The number of aromatic amines is 1. The SMILES string of the molecule is CC.Cc1ccc(C(=O)N2CCC(c3ccc(C#N)cc3)CC2)cc1-c1nc2cc(N3CCCC3)ncc2[nH]1. The van der Waals surface area contributed by atoms with Gasteiger partial charge < -0.3 is 14.8 Å². The van der Waals surface area contributed by atoms with E-state index in [1.807, 2.05) is 74.3 Å². The quantitative estimate of drug-likeness (QED) is 0.334. The van der Waals surface area contributed by atoms with Crippen molar-refractivity contribution in [3.05, 3.63) is 77.0 Å². The van der Waals surface area contributed by atoms with Crippen LogP contribution in [0.1, 0.15) is 72.5 Å². The van der Waals surface area contributed by atoms with Crippen molar-refractivity contribution < 1.29 is 4.79 Å². The van der Waals surface area contributed by atoms with Crippen molar-refractivity contribution >= 4 is 22.8 Å². The zero-order chi connectivity index (χ0) is 27.4. The molecule has 2 saturated heterocycles. The van der Waals surface area contributed by atoms with E-state index in [0.29, 0.717) is 17.0 Å². The number of H-pyrrole nitrogens is 1. The number of imidazole rings is 1. The number of rotatable bonds is 4. The second kappa shape index (κ2) is 11.7. The number of piperidine rings is 1. The van der Waals surface area contributed by atoms with Gasteiger partial charge in [-0.25, -0.2) is 9.97 Å². The van der Waals surface area contributed by atoms with E-state index in [1.54, 1.807) is 0 Å². The van der Waals surface area contributed by atoms with Gasteiger partial charge >= 0.3 is 0 Å². The lowest BCUT2D eigenvalue weighted by atomic mass is 9.89. The summed E-state index contributed by atoms with van der Waals surface area (Å²) < 4.78 is 0. The highest BCUT2D eigenvalue weighted by atomic mass is 16.2. The number of aryl methyl sites for hydroxylation is 1. The first-order chi connectivity index (χ1) is 19.1. The Morgan fingerprint density at radius 3 is 2.41 bits per heavy atom. The molecule has 1 amide bonds. The maximum absolute atomic E-state index is 13.4. The summed E-state index contributed by atoms with van der Waals surface area (Å²) in [5.74, 6) is 2.23. The monoisotopic (exact) mass is 520 g/mol. The number of nitrogens with one attached hydrogen (secondary N) is 1. The van der Waals surface area contributed by atoms with Crippen LogP contribution in [0.5, 0.6) is 0 Å². The van der Waals surface area contributed by atoms with Crippen molar-refractivity contribution in [2.75, 3.05) is 31.1 Å². The van der Waals surface area contributed by atoms with Gasteiger partial charge in [0.05, 0.1) is 28.9 Å². The third-order valence-electron chi connectivity index (χ3n) is 7.82. The van der Waals surface area contributed by atoms with Gasteiger partial charge in [0, 0.05) is 43.4 Å². The van der Waals surface area contributed by atoms with E-state index in [1.165, 1.54) is 18.4 Å². The number of nitriles is 1. The fourth-order valence-corrected chi connectivity index (χ4v) is 5.58. The summed E-state index contributed by atoms with van der Waals surface area (Å²) in [5.41, 5.74) is 6.43. The number of fused-ring (bicyclic) bond motifs is 1. The third-order valence-corrected chi connectivity index (χ3v) is 7.82. The molecule has 200 valence electrons. The fourth-order valence-electron chi connectivity index (χ4n) is 5.58. The fraction of sp³-hybridized carbons (Fsp3) is 0.375. The third kappa shape index (κ3) is 5.51. The van der Waals surface area contributed by atoms with Crippen LogP contribution in [0.3, 0.4) is 0 Å². The normalized spacial score (nSPS) is 15.6. The summed E-state index contributed by atoms with van der Waals surface area (Å²) in [6.07, 6.45) is 6.12. The Morgan fingerprint density at radius 2 is 1.72 bits per heavy atom. The number of aromatic nitrogens is 3. The highest BCUT2D eigenvalue weighted by molar-refractivity contribution is 5.96. The molecule has 0 radical (unpaired) electrons. The van der Waals surface area contributed by atoms with Gasteiger partial charge in [-0.05, 0) is 73.9 Å². The van der Waals surface area contributed by atoms with E-state index in [-0.39, 0.29) is 5.91 Å². The summed E-state index contributed by atoms with van der Waals surface area (Å²) in [7, 11) is 0. The number of carbonyl (C=O) groups excluding carboxylic acids is 1. The van der Waals surface area contributed by atoms with Crippen LogP contribution in [0.25, 0.3) is 22.4 Å². The lowest BCUT2D eigenvalue weighted by Gasteiger charge is -2.32. The van der Waals surface area contributed by atoms with Crippen molar-refractivity contribution in [1.29, 1.82) is 5.26 Å². The molecule has 0 spiro atoms. The minimum atomic E-state index is 0.0635. The zero-order valence-corrected chi connectivity index (χ0v) is 23.1. The van der Waals surface area contributed by atoms with Gasteiger partial charge in [0.2, 0.25) is 0 Å². The number of hydrogen-bond acceptors (Lipinski definition) is 5. The molecule has 0 bridgehead atoms. The van der Waals surface area contributed by atoms with Gasteiger partial charge in [-0.15, -0.1) is 0 Å². The molecule has 0 atom stereocenters. The number of hydrogen-bond donors (Lipinski definition) is 1. The average molecular weight is 521 g/mol. The summed E-state index contributed by atoms with van der Waals surface area (Å²) in [5, 5.41) is 9.04. The molecule has 4 aromatic rings. The molecule has 2 aromatic carbocycles. The highest BCUT2D eigenvalue weighted by Gasteiger charge is 2.25. The number of anilines is 1. The van der Waals surface area contributed by atoms with E-state index >= 15 is 0 Å². The Labute approximate surface area is 230 Å². The van der Waals surface area contributed by atoms with Crippen LogP contribution in [0.2, 0.25) is 0 Å². The molecule has 6 rings (SSSR count). The molecule has 7 nitrogen and oxygen atoms in total. The Morgan fingerprint density at radius 1 is 1.00 bits per heavy atom. The van der Waals surface area contributed by atoms with Gasteiger partial charge in [0.25, 0.3) is 5.91 Å². The van der Waals surface area contributed by atoms with Crippen molar-refractivity contribution in [2.24, 2.45) is 0 Å². The minimum Gasteiger partial charge on any atom is -0.357 e. The summed E-state index contributed by atoms with van der Waals surface area (Å²) in [6, 6.07) is 18.0. The standard InChI is InChI=1S/C30H30N6O.C2H6/c1-20-4-7-24(30(37)36-14-10-23(11-15-36)22-8-5-21(18-31)6-9-22)16-25(20)29-33-26-17-28(32-19-27(26)34-29)35-12-2-3-13-35;1-2/h4-9,16-17,19,23H,2-3,10-15H2,1H3,(H,33,34);1-2H3. The van der Waals surface area contributed by atoms with Crippen LogP contribution in [-0.2, 0) is 0 Å². The molecule has 2 aliphatic rings. The second-order valence-electron chi connectivity index (χ2n) is 10.2. The molecular formula is C32H36N6O. The Balaban J connectivity index is 0.00000151. The molecule has 2 aliphatic heterocycles. The summed E-state index contributed by atoms with van der Waals surface area (Å²) in [4.78, 5) is 30.6.